The first-order valence-corrected chi connectivity index (χ1v) is 2.67. The maximum Gasteiger partial charge on any atom is 0.241 e. The molecule has 0 aliphatic heterocycles. The number of aliphatic hydroxyl groups excluding tert-OH is 1. The molecule has 1 unspecified atom stereocenters. The Balaban J connectivity index is 3.73. The van der Waals surface area contributed by atoms with Gasteiger partial charge in [0.1, 0.15) is 6.04 Å². The van der Waals surface area contributed by atoms with Crippen LogP contribution in [0.15, 0.2) is 0 Å². The summed E-state index contributed by atoms with van der Waals surface area (Å²) in [6.07, 6.45) is 0. The lowest BCUT2D eigenvalue weighted by molar-refractivity contribution is -0.130. The van der Waals surface area contributed by atoms with Crippen molar-refractivity contribution in [2.24, 2.45) is 5.73 Å². The second-order valence-corrected chi connectivity index (χ2v) is 2.02. The van der Waals surface area contributed by atoms with Gasteiger partial charge in [-0.05, 0) is 0 Å². The van der Waals surface area contributed by atoms with Crippen LogP contribution in [-0.2, 0) is 4.79 Å². The van der Waals surface area contributed by atoms with Crippen LogP contribution in [0.25, 0.3) is 0 Å². The van der Waals surface area contributed by atoms with Gasteiger partial charge in [-0.3, -0.25) is 4.79 Å². The van der Waals surface area contributed by atoms with Crippen molar-refractivity contribution >= 4 is 5.91 Å². The molecule has 1 amide bonds. The second-order valence-electron chi connectivity index (χ2n) is 2.02. The molecule has 0 radical (unpaired) electrons. The lowest BCUT2D eigenvalue weighted by Gasteiger charge is -2.13. The molecular formula is C5H12N2O2. The topological polar surface area (TPSA) is 66.6 Å². The molecule has 0 fully saturated rings. The normalized spacial score (nSPS) is 12.9. The molecule has 0 aromatic rings. The Morgan fingerprint density at radius 2 is 2.22 bits per heavy atom. The van der Waals surface area contributed by atoms with Crippen molar-refractivity contribution in [1.29, 1.82) is 0 Å². The zero-order chi connectivity index (χ0) is 7.44. The third kappa shape index (κ3) is 2.43. The van der Waals surface area contributed by atoms with Crippen LogP contribution in [0.1, 0.15) is 0 Å². The minimum Gasteiger partial charge on any atom is -0.394 e. The van der Waals surface area contributed by atoms with E-state index in [4.69, 9.17) is 10.8 Å². The molecule has 0 aliphatic rings. The fourth-order valence-electron chi connectivity index (χ4n) is 0.410. The smallest absolute Gasteiger partial charge is 0.241 e. The van der Waals surface area contributed by atoms with Crippen LogP contribution >= 0.6 is 0 Å². The number of nitrogens with zero attached hydrogens (tertiary/aromatic N) is 1. The molecular weight excluding hydrogens is 120 g/mol. The van der Waals surface area contributed by atoms with E-state index in [1.807, 2.05) is 0 Å². The van der Waals surface area contributed by atoms with Gasteiger partial charge in [-0.15, -0.1) is 0 Å². The van der Waals surface area contributed by atoms with E-state index < -0.39 is 6.04 Å². The molecule has 3 N–H and O–H groups in total. The van der Waals surface area contributed by atoms with E-state index in [-0.39, 0.29) is 12.5 Å². The standard InChI is InChI=1S/C5H12N2O2/c1-7(2)5(9)4(6)3-8/h4,8H,3,6H2,1-2H3. The van der Waals surface area contributed by atoms with Gasteiger partial charge in [0.25, 0.3) is 0 Å². The number of likely N-dealkylation sites (N-methyl/N-ethyl adjacent to an activating group) is 1. The Morgan fingerprint density at radius 3 is 2.33 bits per heavy atom. The highest BCUT2D eigenvalue weighted by Gasteiger charge is 2.12. The Hall–Kier alpha value is -0.610. The lowest BCUT2D eigenvalue weighted by Crippen LogP contribution is -2.42. The van der Waals surface area contributed by atoms with Crippen molar-refractivity contribution < 1.29 is 9.90 Å². The minimum atomic E-state index is -0.764. The van der Waals surface area contributed by atoms with E-state index in [0.717, 1.165) is 0 Å². The summed E-state index contributed by atoms with van der Waals surface area (Å²) in [5, 5.41) is 8.38. The van der Waals surface area contributed by atoms with Crippen molar-refractivity contribution in [2.75, 3.05) is 20.7 Å². The van der Waals surface area contributed by atoms with E-state index in [9.17, 15) is 4.79 Å². The summed E-state index contributed by atoms with van der Waals surface area (Å²) < 4.78 is 0. The number of amides is 1. The monoisotopic (exact) mass is 132 g/mol. The first-order valence-electron chi connectivity index (χ1n) is 2.67. The Kier molecular flexibility index (Phi) is 3.19. The molecule has 0 bridgehead atoms. The van der Waals surface area contributed by atoms with Crippen LogP contribution in [0.4, 0.5) is 0 Å². The maximum atomic E-state index is 10.7. The predicted octanol–water partition coefficient (Wildman–Crippen LogP) is -1.61. The summed E-state index contributed by atoms with van der Waals surface area (Å²) >= 11 is 0. The second kappa shape index (κ2) is 3.42. The lowest BCUT2D eigenvalue weighted by atomic mass is 10.3. The first-order chi connectivity index (χ1) is 4.09. The van der Waals surface area contributed by atoms with Crippen molar-refractivity contribution in [3.8, 4) is 0 Å². The highest BCUT2D eigenvalue weighted by Crippen LogP contribution is 1.82. The quantitative estimate of drug-likeness (QED) is 0.475. The van der Waals surface area contributed by atoms with Crippen LogP contribution in [0.2, 0.25) is 0 Å². The van der Waals surface area contributed by atoms with Crippen LogP contribution in [-0.4, -0.2) is 42.7 Å². The molecule has 0 saturated heterocycles. The number of rotatable bonds is 2. The average Bonchev–Trinajstić information content (AvgIpc) is 1.84. The van der Waals surface area contributed by atoms with Crippen molar-refractivity contribution in [3.05, 3.63) is 0 Å². The van der Waals surface area contributed by atoms with Gasteiger partial charge in [-0.2, -0.15) is 0 Å². The Labute approximate surface area is 54.3 Å². The van der Waals surface area contributed by atoms with E-state index >= 15 is 0 Å². The molecule has 0 saturated carbocycles. The van der Waals surface area contributed by atoms with E-state index in [1.54, 1.807) is 14.1 Å². The third-order valence-corrected chi connectivity index (χ3v) is 0.955. The van der Waals surface area contributed by atoms with Gasteiger partial charge < -0.3 is 15.7 Å². The number of hydrogen-bond acceptors (Lipinski definition) is 3. The molecule has 4 heteroatoms. The summed E-state index contributed by atoms with van der Waals surface area (Å²) in [7, 11) is 3.19. The van der Waals surface area contributed by atoms with Crippen molar-refractivity contribution in [3.63, 3.8) is 0 Å². The Bertz CT molecular complexity index is 103. The molecule has 0 aromatic carbocycles. The SMILES string of the molecule is CN(C)C(=O)C(N)CO. The molecule has 0 spiro atoms. The van der Waals surface area contributed by atoms with Gasteiger partial charge in [0, 0.05) is 14.1 Å². The maximum absolute atomic E-state index is 10.7. The predicted molar refractivity (Wildman–Crippen MR) is 33.8 cm³/mol. The van der Waals surface area contributed by atoms with Crippen molar-refractivity contribution in [2.45, 2.75) is 6.04 Å². The summed E-state index contributed by atoms with van der Waals surface area (Å²) in [6.45, 7) is -0.295. The molecule has 54 valence electrons. The van der Waals surface area contributed by atoms with Gasteiger partial charge >= 0.3 is 0 Å². The summed E-state index contributed by atoms with van der Waals surface area (Å²) in [5.41, 5.74) is 5.18. The van der Waals surface area contributed by atoms with E-state index in [1.165, 1.54) is 4.90 Å². The zero-order valence-electron chi connectivity index (χ0n) is 5.66. The molecule has 9 heavy (non-hydrogen) atoms. The molecule has 0 aliphatic carbocycles. The summed E-state index contributed by atoms with van der Waals surface area (Å²) in [6, 6.07) is -0.764. The first kappa shape index (κ1) is 8.39. The van der Waals surface area contributed by atoms with Gasteiger partial charge in [0.15, 0.2) is 0 Å². The van der Waals surface area contributed by atoms with Gasteiger partial charge in [-0.1, -0.05) is 0 Å². The van der Waals surface area contributed by atoms with Crippen LogP contribution in [0.3, 0.4) is 0 Å². The number of aliphatic hydroxyl groups is 1. The van der Waals surface area contributed by atoms with E-state index in [0.29, 0.717) is 0 Å². The highest BCUT2D eigenvalue weighted by atomic mass is 16.3. The molecule has 0 rings (SSSR count). The average molecular weight is 132 g/mol. The summed E-state index contributed by atoms with van der Waals surface area (Å²) in [5.74, 6) is -0.252. The minimum absolute atomic E-state index is 0.252. The molecule has 0 aromatic heterocycles. The molecule has 4 nitrogen and oxygen atoms in total. The largest absolute Gasteiger partial charge is 0.394 e. The molecule has 1 atom stereocenters. The summed E-state index contributed by atoms with van der Waals surface area (Å²) in [4.78, 5) is 12.1. The number of carbonyl (C=O) groups excluding carboxylic acids is 1. The number of nitrogens with two attached hydrogens (primary N) is 1. The van der Waals surface area contributed by atoms with Crippen LogP contribution in [0, 0.1) is 0 Å². The Morgan fingerprint density at radius 1 is 1.78 bits per heavy atom. The molecule has 0 heterocycles. The highest BCUT2D eigenvalue weighted by molar-refractivity contribution is 5.81. The number of carbonyl (C=O) groups is 1. The van der Waals surface area contributed by atoms with Crippen molar-refractivity contribution in [1.82, 2.24) is 4.90 Å². The fourth-order valence-corrected chi connectivity index (χ4v) is 0.410. The van der Waals surface area contributed by atoms with Gasteiger partial charge in [0.2, 0.25) is 5.91 Å². The van der Waals surface area contributed by atoms with E-state index in [2.05, 4.69) is 0 Å². The van der Waals surface area contributed by atoms with Gasteiger partial charge in [-0.25, -0.2) is 0 Å². The van der Waals surface area contributed by atoms with Crippen LogP contribution < -0.4 is 5.73 Å². The zero-order valence-corrected chi connectivity index (χ0v) is 5.66. The van der Waals surface area contributed by atoms with Gasteiger partial charge in [0.05, 0.1) is 6.61 Å². The fraction of sp³-hybridized carbons (Fsp3) is 0.800. The number of hydrogen-bond donors (Lipinski definition) is 2. The third-order valence-electron chi connectivity index (χ3n) is 0.955. The van der Waals surface area contributed by atoms with Crippen LogP contribution in [0.5, 0.6) is 0 Å².